The van der Waals surface area contributed by atoms with Gasteiger partial charge in [0.05, 0.1) is 12.1 Å². The van der Waals surface area contributed by atoms with Crippen molar-refractivity contribution in [2.24, 2.45) is 5.73 Å². The molecule has 0 radical (unpaired) electrons. The first-order valence-corrected chi connectivity index (χ1v) is 9.32. The van der Waals surface area contributed by atoms with Crippen LogP contribution in [0.4, 0.5) is 0 Å². The highest BCUT2D eigenvalue weighted by atomic mass is 32.1. The van der Waals surface area contributed by atoms with E-state index in [9.17, 15) is 4.79 Å². The van der Waals surface area contributed by atoms with E-state index in [1.807, 2.05) is 34.5 Å². The van der Waals surface area contributed by atoms with Gasteiger partial charge in [-0.05, 0) is 12.1 Å². The van der Waals surface area contributed by atoms with Crippen molar-refractivity contribution in [3.8, 4) is 10.6 Å². The predicted octanol–water partition coefficient (Wildman–Crippen LogP) is 1.98. The predicted molar refractivity (Wildman–Crippen MR) is 97.8 cm³/mol. The molecule has 0 saturated carbocycles. The van der Waals surface area contributed by atoms with E-state index in [2.05, 4.69) is 16.8 Å². The van der Waals surface area contributed by atoms with Crippen molar-refractivity contribution in [3.63, 3.8) is 0 Å². The quantitative estimate of drug-likeness (QED) is 0.901. The summed E-state index contributed by atoms with van der Waals surface area (Å²) in [6.07, 6.45) is 0.382. The molecule has 24 heavy (non-hydrogen) atoms. The van der Waals surface area contributed by atoms with Crippen LogP contribution in [0.5, 0.6) is 0 Å². The van der Waals surface area contributed by atoms with Gasteiger partial charge in [-0.1, -0.05) is 31.2 Å². The molecule has 0 spiro atoms. The Labute approximate surface area is 147 Å². The molecule has 1 aromatic heterocycles. The van der Waals surface area contributed by atoms with E-state index < -0.39 is 0 Å². The van der Waals surface area contributed by atoms with Crippen molar-refractivity contribution in [1.82, 2.24) is 14.8 Å². The number of carbonyl (C=O) groups excluding carboxylic acids is 1. The molecular formula is C18H24N4OS. The highest BCUT2D eigenvalue weighted by molar-refractivity contribution is 7.13. The van der Waals surface area contributed by atoms with E-state index in [1.165, 1.54) is 0 Å². The summed E-state index contributed by atoms with van der Waals surface area (Å²) in [5, 5.41) is 2.93. The number of nitrogens with two attached hydrogens (primary N) is 1. The largest absolute Gasteiger partial charge is 0.340 e. The van der Waals surface area contributed by atoms with Crippen LogP contribution in [-0.2, 0) is 17.8 Å². The van der Waals surface area contributed by atoms with E-state index in [0.29, 0.717) is 13.0 Å². The Balaban J connectivity index is 1.65. The van der Waals surface area contributed by atoms with Gasteiger partial charge in [0, 0.05) is 43.7 Å². The Morgan fingerprint density at radius 3 is 2.71 bits per heavy atom. The Morgan fingerprint density at radius 1 is 1.25 bits per heavy atom. The molecule has 2 heterocycles. The number of hydrogen-bond acceptors (Lipinski definition) is 5. The topological polar surface area (TPSA) is 62.5 Å². The number of hydrogen-bond donors (Lipinski definition) is 1. The maximum absolute atomic E-state index is 12.5. The van der Waals surface area contributed by atoms with Gasteiger partial charge >= 0.3 is 0 Å². The van der Waals surface area contributed by atoms with Crippen LogP contribution in [0.1, 0.15) is 18.2 Å². The van der Waals surface area contributed by atoms with Gasteiger partial charge in [0.1, 0.15) is 5.01 Å². The average molecular weight is 344 g/mol. The zero-order chi connectivity index (χ0) is 16.9. The third-order valence-corrected chi connectivity index (χ3v) is 5.45. The third-order valence-electron chi connectivity index (χ3n) is 4.52. The number of amides is 1. The number of carbonyl (C=O) groups is 1. The molecule has 6 heteroatoms. The minimum atomic E-state index is 0.176. The summed E-state index contributed by atoms with van der Waals surface area (Å²) in [5.74, 6) is 0.176. The van der Waals surface area contributed by atoms with Crippen molar-refractivity contribution in [2.75, 3.05) is 32.7 Å². The molecule has 5 nitrogen and oxygen atoms in total. The Bertz CT molecular complexity index is 692. The molecule has 1 fully saturated rings. The Hall–Kier alpha value is -1.76. The third kappa shape index (κ3) is 3.83. The van der Waals surface area contributed by atoms with E-state index in [-0.39, 0.29) is 5.91 Å². The molecule has 1 aliphatic heterocycles. The van der Waals surface area contributed by atoms with Gasteiger partial charge in [-0.25, -0.2) is 4.98 Å². The second-order valence-electron chi connectivity index (χ2n) is 6.00. The molecule has 1 saturated heterocycles. The van der Waals surface area contributed by atoms with Crippen LogP contribution in [0, 0.1) is 0 Å². The Kier molecular flexibility index (Phi) is 5.60. The summed E-state index contributed by atoms with van der Waals surface area (Å²) in [7, 11) is 0. The fourth-order valence-corrected chi connectivity index (χ4v) is 3.88. The monoisotopic (exact) mass is 344 g/mol. The lowest BCUT2D eigenvalue weighted by atomic mass is 10.1. The second-order valence-corrected chi connectivity index (χ2v) is 6.86. The summed E-state index contributed by atoms with van der Waals surface area (Å²) in [6, 6.07) is 8.04. The van der Waals surface area contributed by atoms with Gasteiger partial charge in [0.2, 0.25) is 5.91 Å². The van der Waals surface area contributed by atoms with Crippen molar-refractivity contribution in [1.29, 1.82) is 0 Å². The molecule has 0 atom stereocenters. The lowest BCUT2D eigenvalue weighted by Gasteiger charge is -2.34. The first kappa shape index (κ1) is 17.1. The van der Waals surface area contributed by atoms with Crippen LogP contribution in [0.15, 0.2) is 29.6 Å². The molecule has 128 valence electrons. The number of nitrogens with zero attached hydrogens (tertiary/aromatic N) is 3. The Morgan fingerprint density at radius 2 is 2.00 bits per heavy atom. The number of piperazine rings is 1. The second kappa shape index (κ2) is 7.88. The SMILES string of the molecule is CCN1CCN(C(=O)Cc2csc(-c3ccccc3CN)n2)CC1. The zero-order valence-electron chi connectivity index (χ0n) is 14.1. The molecule has 1 aromatic carbocycles. The van der Waals surface area contributed by atoms with Gasteiger partial charge in [0.25, 0.3) is 0 Å². The summed E-state index contributed by atoms with van der Waals surface area (Å²) < 4.78 is 0. The fraction of sp³-hybridized carbons (Fsp3) is 0.444. The maximum Gasteiger partial charge on any atom is 0.228 e. The summed E-state index contributed by atoms with van der Waals surface area (Å²) >= 11 is 1.58. The van der Waals surface area contributed by atoms with Crippen molar-refractivity contribution in [3.05, 3.63) is 40.9 Å². The number of rotatable bonds is 5. The van der Waals surface area contributed by atoms with Crippen molar-refractivity contribution < 1.29 is 4.79 Å². The normalized spacial score (nSPS) is 15.7. The van der Waals surface area contributed by atoms with Gasteiger partial charge in [-0.3, -0.25) is 4.79 Å². The lowest BCUT2D eigenvalue weighted by Crippen LogP contribution is -2.48. The molecule has 1 aliphatic rings. The van der Waals surface area contributed by atoms with E-state index >= 15 is 0 Å². The summed E-state index contributed by atoms with van der Waals surface area (Å²) in [4.78, 5) is 21.5. The van der Waals surface area contributed by atoms with E-state index in [1.54, 1.807) is 11.3 Å². The highest BCUT2D eigenvalue weighted by Crippen LogP contribution is 2.27. The summed E-state index contributed by atoms with van der Waals surface area (Å²) in [5.41, 5.74) is 8.81. The van der Waals surface area contributed by atoms with Gasteiger partial charge in [-0.15, -0.1) is 11.3 Å². The number of likely N-dealkylation sites (N-methyl/N-ethyl adjacent to an activating group) is 1. The maximum atomic E-state index is 12.5. The van der Waals surface area contributed by atoms with Crippen LogP contribution in [-0.4, -0.2) is 53.4 Å². The molecule has 0 bridgehead atoms. The first-order chi connectivity index (χ1) is 11.7. The number of benzene rings is 1. The lowest BCUT2D eigenvalue weighted by molar-refractivity contribution is -0.132. The van der Waals surface area contributed by atoms with Crippen LogP contribution in [0.3, 0.4) is 0 Å². The van der Waals surface area contributed by atoms with Crippen molar-refractivity contribution >= 4 is 17.2 Å². The first-order valence-electron chi connectivity index (χ1n) is 8.44. The van der Waals surface area contributed by atoms with Gasteiger partial charge in [-0.2, -0.15) is 0 Å². The molecule has 0 unspecified atom stereocenters. The fourth-order valence-electron chi connectivity index (χ4n) is 3.00. The smallest absolute Gasteiger partial charge is 0.228 e. The van der Waals surface area contributed by atoms with Gasteiger partial charge < -0.3 is 15.5 Å². The average Bonchev–Trinajstić information content (AvgIpc) is 3.10. The van der Waals surface area contributed by atoms with Crippen LogP contribution in [0.25, 0.3) is 10.6 Å². The minimum Gasteiger partial charge on any atom is -0.340 e. The molecule has 3 rings (SSSR count). The van der Waals surface area contributed by atoms with Crippen LogP contribution < -0.4 is 5.73 Å². The molecule has 1 amide bonds. The number of thiazole rings is 1. The number of aromatic nitrogens is 1. The van der Waals surface area contributed by atoms with Crippen molar-refractivity contribution in [2.45, 2.75) is 19.9 Å². The molecule has 2 N–H and O–H groups in total. The molecule has 0 aliphatic carbocycles. The minimum absolute atomic E-state index is 0.176. The highest BCUT2D eigenvalue weighted by Gasteiger charge is 2.21. The summed E-state index contributed by atoms with van der Waals surface area (Å²) in [6.45, 7) is 7.28. The van der Waals surface area contributed by atoms with Gasteiger partial charge in [0.15, 0.2) is 0 Å². The van der Waals surface area contributed by atoms with E-state index in [0.717, 1.165) is 54.6 Å². The van der Waals surface area contributed by atoms with E-state index in [4.69, 9.17) is 5.73 Å². The van der Waals surface area contributed by atoms with Crippen LogP contribution in [0.2, 0.25) is 0 Å². The standard InChI is InChI=1S/C18H24N4OS/c1-2-21-7-9-22(10-8-21)17(23)11-15-13-24-18(20-15)16-6-4-3-5-14(16)12-19/h3-6,13H,2,7-12,19H2,1H3. The zero-order valence-corrected chi connectivity index (χ0v) is 14.9. The molecular weight excluding hydrogens is 320 g/mol. The van der Waals surface area contributed by atoms with Crippen LogP contribution >= 0.6 is 11.3 Å². The molecule has 2 aromatic rings.